The molecule has 0 atom stereocenters. The van der Waals surface area contributed by atoms with E-state index in [1.54, 1.807) is 25.3 Å². The zero-order valence-electron chi connectivity index (χ0n) is 18.5. The Morgan fingerprint density at radius 2 is 1.79 bits per heavy atom. The predicted molar refractivity (Wildman–Crippen MR) is 139 cm³/mol. The van der Waals surface area contributed by atoms with Crippen molar-refractivity contribution in [2.75, 3.05) is 24.0 Å². The molecule has 9 heteroatoms. The molecule has 2 aliphatic rings. The van der Waals surface area contributed by atoms with Crippen molar-refractivity contribution in [3.05, 3.63) is 87.0 Å². The number of hydrogen-bond acceptors (Lipinski definition) is 6. The first-order valence-electron chi connectivity index (χ1n) is 10.3. The van der Waals surface area contributed by atoms with Crippen molar-refractivity contribution in [2.24, 2.45) is 4.99 Å². The number of benzene rings is 3. The van der Waals surface area contributed by atoms with Crippen LogP contribution in [0, 0.1) is 12.7 Å². The molecule has 172 valence electrons. The van der Waals surface area contributed by atoms with Crippen molar-refractivity contribution in [3.63, 3.8) is 0 Å². The minimum Gasteiger partial charge on any atom is -0.497 e. The van der Waals surface area contributed by atoms with Gasteiger partial charge in [0.2, 0.25) is 0 Å². The summed E-state index contributed by atoms with van der Waals surface area (Å²) in [6, 6.07) is 17.1. The molecule has 3 aromatic rings. The molecule has 0 unspecified atom stereocenters. The third kappa shape index (κ3) is 4.06. The maximum Gasteiger partial charge on any atom is 0.274 e. The lowest BCUT2D eigenvalue weighted by Gasteiger charge is -2.17. The van der Waals surface area contributed by atoms with Crippen LogP contribution < -0.4 is 14.5 Å². The fourth-order valence-corrected chi connectivity index (χ4v) is 6.11. The number of amides is 1. The Hall–Kier alpha value is -2.94. The van der Waals surface area contributed by atoms with E-state index in [1.807, 2.05) is 49.2 Å². The van der Waals surface area contributed by atoms with Gasteiger partial charge in [-0.2, -0.15) is 0 Å². The maximum absolute atomic E-state index is 13.7. The van der Waals surface area contributed by atoms with Crippen LogP contribution in [0.2, 0.25) is 5.02 Å². The molecule has 1 saturated heterocycles. The summed E-state index contributed by atoms with van der Waals surface area (Å²) in [6.07, 6.45) is 0. The maximum atomic E-state index is 13.7. The van der Waals surface area contributed by atoms with E-state index in [0.717, 1.165) is 26.9 Å². The number of amidine groups is 1. The van der Waals surface area contributed by atoms with Gasteiger partial charge in [-0.05, 0) is 72.8 Å². The van der Waals surface area contributed by atoms with E-state index in [4.69, 9.17) is 21.3 Å². The number of hydrogen-bond donors (Lipinski definition) is 0. The third-order valence-corrected chi connectivity index (χ3v) is 8.28. The van der Waals surface area contributed by atoms with E-state index in [0.29, 0.717) is 26.5 Å². The van der Waals surface area contributed by atoms with Crippen LogP contribution in [0.4, 0.5) is 21.5 Å². The molecule has 34 heavy (non-hydrogen) atoms. The summed E-state index contributed by atoms with van der Waals surface area (Å²) in [5.74, 6) is 0.151. The third-order valence-electron chi connectivity index (χ3n) is 5.48. The van der Waals surface area contributed by atoms with Gasteiger partial charge in [0, 0.05) is 23.0 Å². The second-order valence-corrected chi connectivity index (χ2v) is 10.1. The average molecular weight is 512 g/mol. The first-order chi connectivity index (χ1) is 16.4. The van der Waals surface area contributed by atoms with Crippen molar-refractivity contribution in [1.82, 2.24) is 0 Å². The molecule has 3 aromatic carbocycles. The van der Waals surface area contributed by atoms with Crippen LogP contribution in [0.25, 0.3) is 0 Å². The van der Waals surface area contributed by atoms with Gasteiger partial charge in [0.25, 0.3) is 5.91 Å². The minimum absolute atomic E-state index is 0.220. The van der Waals surface area contributed by atoms with Crippen molar-refractivity contribution in [1.29, 1.82) is 0 Å². The summed E-state index contributed by atoms with van der Waals surface area (Å²) in [6.45, 7) is 1.92. The number of rotatable bonds is 3. The van der Waals surface area contributed by atoms with E-state index >= 15 is 0 Å². The van der Waals surface area contributed by atoms with Crippen molar-refractivity contribution in [3.8, 4) is 5.75 Å². The number of aliphatic imine (C=N–C) groups is 1. The second-order valence-electron chi connectivity index (χ2n) is 7.68. The molecule has 0 spiro atoms. The molecule has 5 rings (SSSR count). The van der Waals surface area contributed by atoms with Crippen molar-refractivity contribution < 1.29 is 13.9 Å². The van der Waals surface area contributed by atoms with Crippen LogP contribution >= 0.6 is 35.1 Å². The number of nitrogens with zero attached hydrogens (tertiary/aromatic N) is 3. The minimum atomic E-state index is -0.374. The zero-order valence-corrected chi connectivity index (χ0v) is 20.9. The van der Waals surface area contributed by atoms with Crippen LogP contribution in [0.1, 0.15) is 5.56 Å². The number of methoxy groups -OCH3 is 1. The average Bonchev–Trinajstić information content (AvgIpc) is 3.32. The Balaban J connectivity index is 1.60. The SMILES string of the molecule is COc1ccc2c(c1)N(C)/C(=C1/SC(=Nc3ccc(C)c(Cl)c3)N(c3ccc(F)cc3)C1=O)S2. The Labute approximate surface area is 210 Å². The summed E-state index contributed by atoms with van der Waals surface area (Å²) in [7, 11) is 3.55. The van der Waals surface area contributed by atoms with Gasteiger partial charge in [0.1, 0.15) is 16.5 Å². The lowest BCUT2D eigenvalue weighted by molar-refractivity contribution is -0.113. The number of carbonyl (C=O) groups is 1. The fraction of sp³-hybridized carbons (Fsp3) is 0.120. The zero-order chi connectivity index (χ0) is 24.0. The van der Waals surface area contributed by atoms with Crippen LogP contribution in [0.15, 0.2) is 80.5 Å². The standard InChI is InChI=1S/C25H19ClFN3O2S2/c1-14-4-7-16(12-19(14)26)28-25-30(17-8-5-15(27)6-9-17)23(31)22(34-25)24-29(2)20-13-18(32-3)10-11-21(20)33-24/h4-13H,1-3H3/b24-22-,28-25?. The highest BCUT2D eigenvalue weighted by Crippen LogP contribution is 2.51. The smallest absolute Gasteiger partial charge is 0.274 e. The highest BCUT2D eigenvalue weighted by molar-refractivity contribution is 8.20. The molecular formula is C25H19ClFN3O2S2. The summed E-state index contributed by atoms with van der Waals surface area (Å²) >= 11 is 9.11. The van der Waals surface area contributed by atoms with Gasteiger partial charge < -0.3 is 9.64 Å². The fourth-order valence-electron chi connectivity index (χ4n) is 3.61. The molecule has 1 fully saturated rings. The Morgan fingerprint density at radius 1 is 1.03 bits per heavy atom. The number of carbonyl (C=O) groups excluding carboxylic acids is 1. The molecule has 0 radical (unpaired) electrons. The van der Waals surface area contributed by atoms with Crippen molar-refractivity contribution in [2.45, 2.75) is 11.8 Å². The van der Waals surface area contributed by atoms with Gasteiger partial charge in [-0.15, -0.1) is 0 Å². The van der Waals surface area contributed by atoms with Crippen molar-refractivity contribution >= 4 is 63.3 Å². The van der Waals surface area contributed by atoms with Crippen LogP contribution in [-0.4, -0.2) is 25.2 Å². The number of fused-ring (bicyclic) bond motifs is 1. The van der Waals surface area contributed by atoms with Gasteiger partial charge in [-0.3, -0.25) is 9.69 Å². The normalized spacial score (nSPS) is 18.7. The number of thioether (sulfide) groups is 2. The van der Waals surface area contributed by atoms with Gasteiger partial charge in [0.15, 0.2) is 5.17 Å². The van der Waals surface area contributed by atoms with Gasteiger partial charge >= 0.3 is 0 Å². The summed E-state index contributed by atoms with van der Waals surface area (Å²) < 4.78 is 19.0. The van der Waals surface area contributed by atoms with Crippen LogP contribution in [0.5, 0.6) is 5.75 Å². The first kappa shape index (κ1) is 22.8. The predicted octanol–water partition coefficient (Wildman–Crippen LogP) is 6.97. The van der Waals surface area contributed by atoms with E-state index in [9.17, 15) is 9.18 Å². The van der Waals surface area contributed by atoms with E-state index in [2.05, 4.69) is 0 Å². The number of anilines is 2. The molecule has 0 bridgehead atoms. The highest BCUT2D eigenvalue weighted by Gasteiger charge is 2.40. The summed E-state index contributed by atoms with van der Waals surface area (Å²) in [5, 5.41) is 1.87. The van der Waals surface area contributed by atoms with E-state index in [-0.39, 0.29) is 11.7 Å². The Morgan fingerprint density at radius 3 is 2.50 bits per heavy atom. The Kier molecular flexibility index (Phi) is 6.06. The summed E-state index contributed by atoms with van der Waals surface area (Å²) in [4.78, 5) is 23.5. The second kappa shape index (κ2) is 9.02. The van der Waals surface area contributed by atoms with Gasteiger partial charge in [-0.1, -0.05) is 29.4 Å². The lowest BCUT2D eigenvalue weighted by Crippen LogP contribution is -2.29. The lowest BCUT2D eigenvalue weighted by atomic mass is 10.2. The monoisotopic (exact) mass is 511 g/mol. The number of ether oxygens (including phenoxy) is 1. The molecule has 2 aliphatic heterocycles. The molecule has 0 aliphatic carbocycles. The van der Waals surface area contributed by atoms with Gasteiger partial charge in [-0.25, -0.2) is 9.38 Å². The quantitative estimate of drug-likeness (QED) is 0.355. The van der Waals surface area contributed by atoms with E-state index < -0.39 is 0 Å². The molecule has 5 nitrogen and oxygen atoms in total. The number of halogens is 2. The molecular weight excluding hydrogens is 493 g/mol. The topological polar surface area (TPSA) is 45.1 Å². The molecule has 2 heterocycles. The molecule has 0 saturated carbocycles. The molecule has 0 N–H and O–H groups in total. The highest BCUT2D eigenvalue weighted by atomic mass is 35.5. The number of aryl methyl sites for hydroxylation is 1. The van der Waals surface area contributed by atoms with E-state index in [1.165, 1.54) is 40.6 Å². The summed E-state index contributed by atoms with van der Waals surface area (Å²) in [5.41, 5.74) is 3.07. The largest absolute Gasteiger partial charge is 0.497 e. The first-order valence-corrected chi connectivity index (χ1v) is 12.3. The molecule has 0 aromatic heterocycles. The van der Waals surface area contributed by atoms with Gasteiger partial charge in [0.05, 0.1) is 29.2 Å². The van der Waals surface area contributed by atoms with Crippen LogP contribution in [-0.2, 0) is 4.79 Å². The molecule has 1 amide bonds. The van der Waals surface area contributed by atoms with Crippen LogP contribution in [0.3, 0.4) is 0 Å². The Bertz CT molecular complexity index is 1380.